The summed E-state index contributed by atoms with van der Waals surface area (Å²) in [6.45, 7) is 4.97. The van der Waals surface area contributed by atoms with Crippen molar-refractivity contribution in [2.75, 3.05) is 13.2 Å². The topological polar surface area (TPSA) is 95.9 Å². The number of carbonyl (C=O) groups excluding carboxylic acids is 2. The number of aliphatic hydroxyl groups excluding tert-OH is 2. The van der Waals surface area contributed by atoms with Crippen molar-refractivity contribution in [1.29, 1.82) is 0 Å². The zero-order valence-electron chi connectivity index (χ0n) is 42.8. The molecule has 0 rings (SSSR count). The molecule has 0 saturated heterocycles. The van der Waals surface area contributed by atoms with Crippen LogP contribution < -0.4 is 5.32 Å². The second-order valence-corrected chi connectivity index (χ2v) is 20.0. The molecule has 3 N–H and O–H groups in total. The molecule has 0 radical (unpaired) electrons. The van der Waals surface area contributed by atoms with Gasteiger partial charge in [0.1, 0.15) is 0 Å². The Hall–Kier alpha value is -1.14. The van der Waals surface area contributed by atoms with Crippen molar-refractivity contribution in [3.05, 3.63) is 0 Å². The third kappa shape index (κ3) is 50.1. The minimum absolute atomic E-state index is 0.00959. The van der Waals surface area contributed by atoms with E-state index in [-0.39, 0.29) is 18.5 Å². The van der Waals surface area contributed by atoms with Crippen LogP contribution in [0, 0.1) is 0 Å². The van der Waals surface area contributed by atoms with Crippen molar-refractivity contribution in [1.82, 2.24) is 5.32 Å². The Balaban J connectivity index is 3.39. The van der Waals surface area contributed by atoms with Gasteiger partial charge < -0.3 is 20.3 Å². The van der Waals surface area contributed by atoms with Crippen LogP contribution in [0.25, 0.3) is 0 Å². The average molecular weight is 893 g/mol. The summed E-state index contributed by atoms with van der Waals surface area (Å²) >= 11 is 0. The first-order chi connectivity index (χ1) is 31.0. The largest absolute Gasteiger partial charge is 0.466 e. The number of hydrogen-bond donors (Lipinski definition) is 3. The van der Waals surface area contributed by atoms with Gasteiger partial charge in [0.15, 0.2) is 0 Å². The SMILES string of the molecule is CCCCCCCCCCCCCCCCCCC(O)C(CO)NC(=O)CCCCCCCCCCCCCCCCCCCCCOC(=O)CCCCCCCCCCCCC. The molecule has 0 aromatic heterocycles. The third-order valence-corrected chi connectivity index (χ3v) is 13.7. The van der Waals surface area contributed by atoms with E-state index in [1.807, 2.05) is 0 Å². The fourth-order valence-corrected chi connectivity index (χ4v) is 9.23. The molecule has 2 atom stereocenters. The average Bonchev–Trinajstić information content (AvgIpc) is 3.28. The Morgan fingerprint density at radius 1 is 0.381 bits per heavy atom. The molecule has 376 valence electrons. The molecule has 0 aliphatic carbocycles. The Morgan fingerprint density at radius 2 is 0.651 bits per heavy atom. The number of amides is 1. The predicted molar refractivity (Wildman–Crippen MR) is 274 cm³/mol. The van der Waals surface area contributed by atoms with Crippen molar-refractivity contribution in [3.8, 4) is 0 Å². The van der Waals surface area contributed by atoms with Gasteiger partial charge in [0, 0.05) is 12.8 Å². The molecule has 6 heteroatoms. The third-order valence-electron chi connectivity index (χ3n) is 13.7. The Bertz CT molecular complexity index is 898. The Morgan fingerprint density at radius 3 is 0.968 bits per heavy atom. The fourth-order valence-electron chi connectivity index (χ4n) is 9.23. The highest BCUT2D eigenvalue weighted by Crippen LogP contribution is 2.18. The zero-order valence-corrected chi connectivity index (χ0v) is 42.8. The van der Waals surface area contributed by atoms with Crippen molar-refractivity contribution < 1.29 is 24.5 Å². The molecule has 0 fully saturated rings. The summed E-state index contributed by atoms with van der Waals surface area (Å²) in [4.78, 5) is 24.5. The van der Waals surface area contributed by atoms with Crippen LogP contribution in [0.5, 0.6) is 0 Å². The fraction of sp³-hybridized carbons (Fsp3) is 0.965. The first-order valence-electron chi connectivity index (χ1n) is 28.8. The van der Waals surface area contributed by atoms with Gasteiger partial charge in [-0.2, -0.15) is 0 Å². The predicted octanol–water partition coefficient (Wildman–Crippen LogP) is 17.5. The molecule has 1 amide bonds. The van der Waals surface area contributed by atoms with E-state index in [4.69, 9.17) is 4.74 Å². The molecule has 0 aliphatic rings. The molecule has 0 aromatic rings. The minimum Gasteiger partial charge on any atom is -0.466 e. The maximum absolute atomic E-state index is 12.5. The van der Waals surface area contributed by atoms with Gasteiger partial charge in [-0.3, -0.25) is 9.59 Å². The van der Waals surface area contributed by atoms with Crippen LogP contribution in [0.15, 0.2) is 0 Å². The van der Waals surface area contributed by atoms with Crippen LogP contribution in [0.2, 0.25) is 0 Å². The summed E-state index contributed by atoms with van der Waals surface area (Å²) in [5.41, 5.74) is 0. The summed E-state index contributed by atoms with van der Waals surface area (Å²) in [6.07, 6.45) is 60.9. The molecule has 0 bridgehead atoms. The van der Waals surface area contributed by atoms with Crippen molar-refractivity contribution in [3.63, 3.8) is 0 Å². The lowest BCUT2D eigenvalue weighted by atomic mass is 10.0. The molecular weight excluding hydrogens is 779 g/mol. The summed E-state index contributed by atoms with van der Waals surface area (Å²) in [5, 5.41) is 23.3. The van der Waals surface area contributed by atoms with E-state index in [9.17, 15) is 19.8 Å². The van der Waals surface area contributed by atoms with Gasteiger partial charge in [0.2, 0.25) is 5.91 Å². The van der Waals surface area contributed by atoms with E-state index < -0.39 is 12.1 Å². The van der Waals surface area contributed by atoms with E-state index >= 15 is 0 Å². The van der Waals surface area contributed by atoms with Gasteiger partial charge in [0.25, 0.3) is 0 Å². The lowest BCUT2D eigenvalue weighted by Crippen LogP contribution is -2.45. The van der Waals surface area contributed by atoms with E-state index in [1.54, 1.807) is 0 Å². The van der Waals surface area contributed by atoms with Gasteiger partial charge in [0.05, 0.1) is 25.4 Å². The lowest BCUT2D eigenvalue weighted by Gasteiger charge is -2.22. The Kier molecular flexibility index (Phi) is 52.5. The van der Waals surface area contributed by atoms with Gasteiger partial charge in [-0.1, -0.05) is 290 Å². The second kappa shape index (κ2) is 53.5. The molecule has 0 aliphatic heterocycles. The van der Waals surface area contributed by atoms with Crippen LogP contribution in [-0.4, -0.2) is 47.4 Å². The molecule has 0 saturated carbocycles. The van der Waals surface area contributed by atoms with Crippen LogP contribution in [0.3, 0.4) is 0 Å². The standard InChI is InChI=1S/C57H113NO5/c1-3-5-7-9-11-13-15-16-17-23-26-30-33-37-41-45-49-55(60)54(53-59)58-56(61)50-46-42-38-34-31-27-24-21-19-18-20-22-25-28-32-36-40-44-48-52-63-57(62)51-47-43-39-35-29-14-12-10-8-6-4-2/h54-55,59-60H,3-53H2,1-2H3,(H,58,61). The molecule has 0 aromatic carbocycles. The normalized spacial score (nSPS) is 12.5. The molecule has 0 spiro atoms. The number of hydrogen-bond acceptors (Lipinski definition) is 5. The van der Waals surface area contributed by atoms with Crippen LogP contribution in [0.1, 0.15) is 328 Å². The minimum atomic E-state index is -0.664. The number of carbonyl (C=O) groups is 2. The van der Waals surface area contributed by atoms with E-state index in [2.05, 4.69) is 19.2 Å². The van der Waals surface area contributed by atoms with E-state index in [1.165, 1.54) is 257 Å². The highest BCUT2D eigenvalue weighted by molar-refractivity contribution is 5.76. The van der Waals surface area contributed by atoms with Crippen LogP contribution in [-0.2, 0) is 14.3 Å². The lowest BCUT2D eigenvalue weighted by molar-refractivity contribution is -0.143. The molecule has 2 unspecified atom stereocenters. The van der Waals surface area contributed by atoms with E-state index in [0.29, 0.717) is 25.9 Å². The maximum Gasteiger partial charge on any atom is 0.305 e. The zero-order chi connectivity index (χ0) is 45.8. The first kappa shape index (κ1) is 61.9. The quantitative estimate of drug-likeness (QED) is 0.0418. The summed E-state index contributed by atoms with van der Waals surface area (Å²) in [5.74, 6) is -0.0253. The first-order valence-corrected chi connectivity index (χ1v) is 28.8. The van der Waals surface area contributed by atoms with Crippen molar-refractivity contribution in [2.45, 2.75) is 341 Å². The monoisotopic (exact) mass is 892 g/mol. The highest BCUT2D eigenvalue weighted by Gasteiger charge is 2.20. The number of unbranched alkanes of at least 4 members (excludes halogenated alkanes) is 43. The van der Waals surface area contributed by atoms with Crippen LogP contribution >= 0.6 is 0 Å². The molecule has 0 heterocycles. The van der Waals surface area contributed by atoms with Crippen molar-refractivity contribution >= 4 is 11.9 Å². The highest BCUT2D eigenvalue weighted by atomic mass is 16.5. The van der Waals surface area contributed by atoms with E-state index in [0.717, 1.165) is 38.5 Å². The van der Waals surface area contributed by atoms with Gasteiger partial charge in [-0.05, 0) is 25.7 Å². The molecule has 63 heavy (non-hydrogen) atoms. The van der Waals surface area contributed by atoms with Gasteiger partial charge >= 0.3 is 5.97 Å². The maximum atomic E-state index is 12.5. The summed E-state index contributed by atoms with van der Waals surface area (Å²) in [6, 6.07) is -0.542. The van der Waals surface area contributed by atoms with Crippen molar-refractivity contribution in [2.24, 2.45) is 0 Å². The number of rotatable bonds is 54. The smallest absolute Gasteiger partial charge is 0.305 e. The number of nitrogens with one attached hydrogen (secondary N) is 1. The second-order valence-electron chi connectivity index (χ2n) is 20.0. The van der Waals surface area contributed by atoms with Gasteiger partial charge in [-0.15, -0.1) is 0 Å². The summed E-state index contributed by atoms with van der Waals surface area (Å²) < 4.78 is 5.46. The molecular formula is C57H113NO5. The molecule has 6 nitrogen and oxygen atoms in total. The van der Waals surface area contributed by atoms with Crippen LogP contribution in [0.4, 0.5) is 0 Å². The number of esters is 1. The Labute approximate surface area is 394 Å². The number of aliphatic hydroxyl groups is 2. The summed E-state index contributed by atoms with van der Waals surface area (Å²) in [7, 11) is 0. The number of ether oxygens (including phenoxy) is 1. The van der Waals surface area contributed by atoms with Gasteiger partial charge in [-0.25, -0.2) is 0 Å².